The lowest BCUT2D eigenvalue weighted by Crippen LogP contribution is -2.59. The van der Waals surface area contributed by atoms with Gasteiger partial charge < -0.3 is 9.94 Å². The van der Waals surface area contributed by atoms with E-state index in [0.717, 1.165) is 12.8 Å². The number of hydroxylamine groups is 2. The molecule has 0 unspecified atom stereocenters. The molecule has 0 bridgehead atoms. The van der Waals surface area contributed by atoms with E-state index in [0.29, 0.717) is 12.2 Å². The first kappa shape index (κ1) is 15.2. The second kappa shape index (κ2) is 5.02. The molecule has 0 aliphatic carbocycles. The summed E-state index contributed by atoms with van der Waals surface area (Å²) in [6, 6.07) is 0. The van der Waals surface area contributed by atoms with Gasteiger partial charge in [0.2, 0.25) is 0 Å². The summed E-state index contributed by atoms with van der Waals surface area (Å²) in [6.45, 7) is 13.6. The van der Waals surface area contributed by atoms with Crippen molar-refractivity contribution in [1.82, 2.24) is 5.06 Å². The molecule has 0 aromatic rings. The quantitative estimate of drug-likeness (QED) is 0.622. The van der Waals surface area contributed by atoms with E-state index in [1.165, 1.54) is 5.06 Å². The maximum absolute atomic E-state index is 11.4. The van der Waals surface area contributed by atoms with Gasteiger partial charge in [-0.2, -0.15) is 5.06 Å². The van der Waals surface area contributed by atoms with Crippen molar-refractivity contribution in [3.05, 3.63) is 12.2 Å². The fraction of sp³-hybridized carbons (Fsp3) is 0.786. The molecule has 0 atom stereocenters. The molecule has 0 aromatic carbocycles. The first-order chi connectivity index (χ1) is 8.06. The molecular formula is C14H25NO3. The highest BCUT2D eigenvalue weighted by Crippen LogP contribution is 2.39. The third-order valence-electron chi connectivity index (χ3n) is 3.52. The Balaban J connectivity index is 2.64. The molecule has 0 spiro atoms. The molecule has 18 heavy (non-hydrogen) atoms. The van der Waals surface area contributed by atoms with Crippen molar-refractivity contribution in [2.75, 3.05) is 6.61 Å². The number of ether oxygens (including phenoxy) is 1. The summed E-state index contributed by atoms with van der Waals surface area (Å²) in [4.78, 5) is 11.4. The molecule has 1 aliphatic heterocycles. The molecule has 0 radical (unpaired) electrons. The van der Waals surface area contributed by atoms with Crippen LogP contribution in [0.15, 0.2) is 12.2 Å². The predicted molar refractivity (Wildman–Crippen MR) is 70.3 cm³/mol. The van der Waals surface area contributed by atoms with Gasteiger partial charge in [-0.25, -0.2) is 4.79 Å². The fourth-order valence-electron chi connectivity index (χ4n) is 2.91. The Morgan fingerprint density at radius 3 is 2.17 bits per heavy atom. The monoisotopic (exact) mass is 255 g/mol. The number of esters is 1. The number of piperidine rings is 1. The smallest absolute Gasteiger partial charge is 0.333 e. The van der Waals surface area contributed by atoms with E-state index < -0.39 is 0 Å². The summed E-state index contributed by atoms with van der Waals surface area (Å²) in [5.41, 5.74) is -0.183. The van der Waals surface area contributed by atoms with Gasteiger partial charge in [0, 0.05) is 16.7 Å². The van der Waals surface area contributed by atoms with E-state index in [1.807, 2.05) is 27.7 Å². The van der Waals surface area contributed by atoms with Gasteiger partial charge in [-0.3, -0.25) is 0 Å². The van der Waals surface area contributed by atoms with Crippen molar-refractivity contribution < 1.29 is 14.7 Å². The summed E-state index contributed by atoms with van der Waals surface area (Å²) >= 11 is 0. The van der Waals surface area contributed by atoms with Gasteiger partial charge >= 0.3 is 5.97 Å². The average molecular weight is 255 g/mol. The minimum absolute atomic E-state index is 0.265. The Morgan fingerprint density at radius 2 is 1.78 bits per heavy atom. The zero-order chi connectivity index (χ0) is 14.1. The number of hydrogen-bond donors (Lipinski definition) is 1. The molecule has 1 N–H and O–H groups in total. The molecule has 1 fully saturated rings. The van der Waals surface area contributed by atoms with Crippen LogP contribution >= 0.6 is 0 Å². The SMILES string of the molecule is C=C(C)C(=O)OCC1CC(C)(C)N(O)C(C)(C)C1. The number of carbonyl (C=O) groups is 1. The van der Waals surface area contributed by atoms with Gasteiger partial charge in [0.25, 0.3) is 0 Å². The van der Waals surface area contributed by atoms with Crippen LogP contribution in [0.2, 0.25) is 0 Å². The summed E-state index contributed by atoms with van der Waals surface area (Å²) < 4.78 is 5.23. The van der Waals surface area contributed by atoms with Crippen LogP contribution in [0.3, 0.4) is 0 Å². The van der Waals surface area contributed by atoms with Crippen LogP contribution in [0, 0.1) is 5.92 Å². The van der Waals surface area contributed by atoms with Gasteiger partial charge in [-0.05, 0) is 53.4 Å². The lowest BCUT2D eigenvalue weighted by molar-refractivity contribution is -0.253. The van der Waals surface area contributed by atoms with E-state index in [2.05, 4.69) is 6.58 Å². The Hall–Kier alpha value is -0.870. The third-order valence-corrected chi connectivity index (χ3v) is 3.52. The van der Waals surface area contributed by atoms with E-state index in [4.69, 9.17) is 4.74 Å². The topological polar surface area (TPSA) is 49.8 Å². The molecule has 0 aromatic heterocycles. The Labute approximate surface area is 110 Å². The van der Waals surface area contributed by atoms with Gasteiger partial charge in [0.15, 0.2) is 0 Å². The first-order valence-corrected chi connectivity index (χ1v) is 6.38. The van der Waals surface area contributed by atoms with E-state index >= 15 is 0 Å². The maximum atomic E-state index is 11.4. The average Bonchev–Trinajstić information content (AvgIpc) is 2.21. The fourth-order valence-corrected chi connectivity index (χ4v) is 2.91. The van der Waals surface area contributed by atoms with Gasteiger partial charge in [-0.15, -0.1) is 0 Å². The number of nitrogens with zero attached hydrogens (tertiary/aromatic N) is 1. The summed E-state index contributed by atoms with van der Waals surface area (Å²) in [5, 5.41) is 11.6. The van der Waals surface area contributed by atoms with Crippen LogP contribution in [0.1, 0.15) is 47.5 Å². The minimum Gasteiger partial charge on any atom is -0.462 e. The Kier molecular flexibility index (Phi) is 4.23. The first-order valence-electron chi connectivity index (χ1n) is 6.38. The largest absolute Gasteiger partial charge is 0.462 e. The van der Waals surface area contributed by atoms with Crippen LogP contribution in [0.5, 0.6) is 0 Å². The molecule has 4 nitrogen and oxygen atoms in total. The highest BCUT2D eigenvalue weighted by atomic mass is 16.5. The second-order valence-corrected chi connectivity index (χ2v) is 6.59. The molecule has 4 heteroatoms. The van der Waals surface area contributed by atoms with Crippen molar-refractivity contribution in [2.45, 2.75) is 58.5 Å². The minimum atomic E-state index is -0.336. The predicted octanol–water partition coefficient (Wildman–Crippen LogP) is 2.76. The lowest BCUT2D eigenvalue weighted by atomic mass is 9.75. The zero-order valence-corrected chi connectivity index (χ0v) is 12.1. The van der Waals surface area contributed by atoms with Crippen LogP contribution < -0.4 is 0 Å². The number of carbonyl (C=O) groups excluding carboxylic acids is 1. The third kappa shape index (κ3) is 3.33. The van der Waals surface area contributed by atoms with Crippen molar-refractivity contribution in [1.29, 1.82) is 0 Å². The van der Waals surface area contributed by atoms with Gasteiger partial charge in [0.05, 0.1) is 6.61 Å². The summed E-state index contributed by atoms with van der Waals surface area (Å²) in [6.07, 6.45) is 1.60. The van der Waals surface area contributed by atoms with Crippen LogP contribution in [0.25, 0.3) is 0 Å². The van der Waals surface area contributed by atoms with E-state index in [-0.39, 0.29) is 23.0 Å². The highest BCUT2D eigenvalue weighted by Gasteiger charge is 2.45. The highest BCUT2D eigenvalue weighted by molar-refractivity contribution is 5.86. The maximum Gasteiger partial charge on any atom is 0.333 e. The van der Waals surface area contributed by atoms with Crippen LogP contribution in [0.4, 0.5) is 0 Å². The van der Waals surface area contributed by atoms with Crippen LogP contribution in [-0.2, 0) is 9.53 Å². The standard InChI is InChI=1S/C14H25NO3/c1-10(2)12(16)18-9-11-7-13(3,4)15(17)14(5,6)8-11/h11,17H,1,7-9H2,2-6H3. The zero-order valence-electron chi connectivity index (χ0n) is 12.1. The van der Waals surface area contributed by atoms with Crippen molar-refractivity contribution in [2.24, 2.45) is 5.92 Å². The molecule has 1 aliphatic rings. The molecule has 1 heterocycles. The summed E-state index contributed by atoms with van der Waals surface area (Å²) in [5.74, 6) is -0.0706. The molecule has 1 saturated heterocycles. The molecule has 1 rings (SSSR count). The van der Waals surface area contributed by atoms with Gasteiger partial charge in [-0.1, -0.05) is 6.58 Å². The van der Waals surface area contributed by atoms with Crippen molar-refractivity contribution in [3.8, 4) is 0 Å². The van der Waals surface area contributed by atoms with E-state index in [9.17, 15) is 10.0 Å². The molecular weight excluding hydrogens is 230 g/mol. The lowest BCUT2D eigenvalue weighted by Gasteiger charge is -2.51. The van der Waals surface area contributed by atoms with Crippen molar-refractivity contribution >= 4 is 5.97 Å². The Bertz CT molecular complexity index is 329. The molecule has 0 amide bonds. The molecule has 104 valence electrons. The molecule has 0 saturated carbocycles. The normalized spacial score (nSPS) is 23.7. The van der Waals surface area contributed by atoms with Crippen molar-refractivity contribution in [3.63, 3.8) is 0 Å². The van der Waals surface area contributed by atoms with Crippen LogP contribution in [-0.4, -0.2) is 33.9 Å². The second-order valence-electron chi connectivity index (χ2n) is 6.59. The number of hydrogen-bond acceptors (Lipinski definition) is 4. The van der Waals surface area contributed by atoms with Gasteiger partial charge in [0.1, 0.15) is 0 Å². The summed E-state index contributed by atoms with van der Waals surface area (Å²) in [7, 11) is 0. The Morgan fingerprint density at radius 1 is 1.33 bits per heavy atom. The van der Waals surface area contributed by atoms with E-state index in [1.54, 1.807) is 6.92 Å². The number of rotatable bonds is 3.